The third kappa shape index (κ3) is 3.40. The van der Waals surface area contributed by atoms with Crippen LogP contribution in [0.5, 0.6) is 0 Å². The fraction of sp³-hybridized carbons (Fsp3) is 0.571. The Kier molecular flexibility index (Phi) is 4.40. The summed E-state index contributed by atoms with van der Waals surface area (Å²) >= 11 is 1.32. The van der Waals surface area contributed by atoms with Crippen LogP contribution in [0.1, 0.15) is 19.5 Å². The zero-order chi connectivity index (χ0) is 16.6. The van der Waals surface area contributed by atoms with Gasteiger partial charge in [-0.15, -0.1) is 10.2 Å². The molecule has 124 valence electrons. The number of hydrogen-bond donors (Lipinski definition) is 1. The van der Waals surface area contributed by atoms with Crippen molar-refractivity contribution in [2.75, 3.05) is 18.8 Å². The predicted octanol–water partition coefficient (Wildman–Crippen LogP) is 0.454. The normalized spacial score (nSPS) is 21.8. The minimum atomic E-state index is -0.216. The number of aromatic nitrogens is 4. The fourth-order valence-electron chi connectivity index (χ4n) is 2.76. The van der Waals surface area contributed by atoms with Gasteiger partial charge in [-0.05, 0) is 20.8 Å². The van der Waals surface area contributed by atoms with Crippen molar-refractivity contribution in [2.24, 2.45) is 0 Å². The Morgan fingerprint density at radius 1 is 1.39 bits per heavy atom. The number of nitrogens with one attached hydrogen (secondary N) is 1. The second kappa shape index (κ2) is 6.32. The maximum absolute atomic E-state index is 12.4. The van der Waals surface area contributed by atoms with Gasteiger partial charge in [0.15, 0.2) is 5.16 Å². The summed E-state index contributed by atoms with van der Waals surface area (Å²) in [5.74, 6) is 0.716. The Hall–Kier alpha value is -1.87. The molecule has 1 N–H and O–H groups in total. The van der Waals surface area contributed by atoms with E-state index in [1.807, 2.05) is 25.7 Å². The lowest BCUT2D eigenvalue weighted by molar-refractivity contribution is -0.140. The van der Waals surface area contributed by atoms with E-state index >= 15 is 0 Å². The molecular formula is C14H19N5O3S. The Labute approximate surface area is 137 Å². The second-order valence-corrected chi connectivity index (χ2v) is 6.70. The first-order valence-electron chi connectivity index (χ1n) is 7.45. The second-order valence-electron chi connectivity index (χ2n) is 5.76. The molecule has 1 fully saturated rings. The lowest BCUT2D eigenvalue weighted by Gasteiger charge is -2.35. The average Bonchev–Trinajstić information content (AvgIpc) is 2.86. The van der Waals surface area contributed by atoms with Crippen LogP contribution in [0.25, 0.3) is 5.78 Å². The van der Waals surface area contributed by atoms with Crippen LogP contribution in [0.2, 0.25) is 0 Å². The van der Waals surface area contributed by atoms with E-state index in [2.05, 4.69) is 15.2 Å². The summed E-state index contributed by atoms with van der Waals surface area (Å²) in [6, 6.07) is 1.48. The van der Waals surface area contributed by atoms with Crippen LogP contribution in [0.3, 0.4) is 0 Å². The molecule has 0 aliphatic carbocycles. The van der Waals surface area contributed by atoms with Gasteiger partial charge in [0.25, 0.3) is 5.56 Å². The van der Waals surface area contributed by atoms with Crippen molar-refractivity contribution in [1.82, 2.24) is 24.5 Å². The fourth-order valence-corrected chi connectivity index (χ4v) is 3.66. The number of morpholine rings is 1. The van der Waals surface area contributed by atoms with Crippen LogP contribution >= 0.6 is 11.8 Å². The molecule has 1 aliphatic rings. The zero-order valence-corrected chi connectivity index (χ0v) is 14.1. The van der Waals surface area contributed by atoms with Crippen molar-refractivity contribution >= 4 is 23.4 Å². The topological polar surface area (TPSA) is 92.6 Å². The molecule has 1 aliphatic heterocycles. The standard InChI is InChI=1S/C14H19N5O3S/c1-8-4-11(20)15-13-16-17-14(19(8)13)23-7-12(21)18-5-9(2)22-10(3)6-18/h4,9-10H,5-7H2,1-3H3,(H,15,16,20)/t9-,10-/m1/s1. The van der Waals surface area contributed by atoms with Crippen LogP contribution in [-0.4, -0.2) is 61.4 Å². The molecule has 1 saturated heterocycles. The molecule has 1 amide bonds. The average molecular weight is 337 g/mol. The Bertz CT molecular complexity index is 776. The Morgan fingerprint density at radius 3 is 2.78 bits per heavy atom. The minimum absolute atomic E-state index is 0.0499. The number of aryl methyl sites for hydroxylation is 1. The van der Waals surface area contributed by atoms with Gasteiger partial charge in [-0.3, -0.25) is 19.0 Å². The van der Waals surface area contributed by atoms with Crippen LogP contribution in [0, 0.1) is 6.92 Å². The van der Waals surface area contributed by atoms with Crippen molar-refractivity contribution in [3.8, 4) is 0 Å². The van der Waals surface area contributed by atoms with Gasteiger partial charge in [0.1, 0.15) is 0 Å². The van der Waals surface area contributed by atoms with E-state index in [1.54, 1.807) is 4.40 Å². The third-order valence-electron chi connectivity index (χ3n) is 3.66. The summed E-state index contributed by atoms with van der Waals surface area (Å²) < 4.78 is 7.38. The van der Waals surface area contributed by atoms with Crippen LogP contribution < -0.4 is 5.56 Å². The molecular weight excluding hydrogens is 318 g/mol. The number of aromatic amines is 1. The summed E-state index contributed by atoms with van der Waals surface area (Å²) in [4.78, 5) is 28.3. The number of ether oxygens (including phenoxy) is 1. The molecule has 0 saturated carbocycles. The van der Waals surface area contributed by atoms with Gasteiger partial charge in [-0.25, -0.2) is 0 Å². The number of H-pyrrole nitrogens is 1. The van der Waals surface area contributed by atoms with Gasteiger partial charge in [0.05, 0.1) is 18.0 Å². The maximum atomic E-state index is 12.4. The summed E-state index contributed by atoms with van der Waals surface area (Å²) in [6.07, 6.45) is 0.0999. The third-order valence-corrected chi connectivity index (χ3v) is 4.57. The predicted molar refractivity (Wildman–Crippen MR) is 85.7 cm³/mol. The molecule has 9 heteroatoms. The maximum Gasteiger partial charge on any atom is 0.252 e. The van der Waals surface area contributed by atoms with Crippen LogP contribution in [0.15, 0.2) is 16.0 Å². The van der Waals surface area contributed by atoms with Gasteiger partial charge >= 0.3 is 0 Å². The molecule has 8 nitrogen and oxygen atoms in total. The van der Waals surface area contributed by atoms with E-state index < -0.39 is 0 Å². The van der Waals surface area contributed by atoms with E-state index in [0.717, 1.165) is 5.69 Å². The Balaban J connectivity index is 1.71. The molecule has 0 spiro atoms. The Morgan fingerprint density at radius 2 is 2.09 bits per heavy atom. The highest BCUT2D eigenvalue weighted by atomic mass is 32.2. The molecule has 3 rings (SSSR count). The number of carbonyl (C=O) groups excluding carboxylic acids is 1. The van der Waals surface area contributed by atoms with Gasteiger partial charge in [-0.2, -0.15) is 0 Å². The first-order chi connectivity index (χ1) is 10.9. The van der Waals surface area contributed by atoms with Gasteiger partial charge < -0.3 is 9.64 Å². The molecule has 0 bridgehead atoms. The molecule has 23 heavy (non-hydrogen) atoms. The SMILES string of the molecule is Cc1cc(=O)[nH]c2nnc(SCC(=O)N3C[C@@H](C)O[C@H](C)C3)n12. The highest BCUT2D eigenvalue weighted by molar-refractivity contribution is 7.99. The molecule has 0 unspecified atom stereocenters. The van der Waals surface area contributed by atoms with Crippen molar-refractivity contribution in [2.45, 2.75) is 38.1 Å². The lowest BCUT2D eigenvalue weighted by atomic mass is 10.2. The summed E-state index contributed by atoms with van der Waals surface area (Å²) in [5, 5.41) is 8.60. The molecule has 3 heterocycles. The summed E-state index contributed by atoms with van der Waals surface area (Å²) in [7, 11) is 0. The number of thioether (sulfide) groups is 1. The quantitative estimate of drug-likeness (QED) is 0.818. The molecule has 2 aromatic heterocycles. The van der Waals surface area contributed by atoms with Crippen LogP contribution in [0.4, 0.5) is 0 Å². The van der Waals surface area contributed by atoms with E-state index in [-0.39, 0.29) is 29.4 Å². The first-order valence-corrected chi connectivity index (χ1v) is 8.43. The van der Waals surface area contributed by atoms with Crippen molar-refractivity contribution in [3.63, 3.8) is 0 Å². The molecule has 2 aromatic rings. The van der Waals surface area contributed by atoms with Gasteiger partial charge in [0, 0.05) is 24.8 Å². The summed E-state index contributed by atoms with van der Waals surface area (Å²) in [6.45, 7) is 6.96. The van der Waals surface area contributed by atoms with Crippen molar-refractivity contribution in [1.29, 1.82) is 0 Å². The lowest BCUT2D eigenvalue weighted by Crippen LogP contribution is -2.48. The molecule has 2 atom stereocenters. The van der Waals surface area contributed by atoms with Crippen molar-refractivity contribution in [3.05, 3.63) is 22.1 Å². The monoisotopic (exact) mass is 337 g/mol. The van der Waals surface area contributed by atoms with Crippen LogP contribution in [-0.2, 0) is 9.53 Å². The van der Waals surface area contributed by atoms with E-state index in [0.29, 0.717) is 24.0 Å². The smallest absolute Gasteiger partial charge is 0.252 e. The number of hydrogen-bond acceptors (Lipinski definition) is 6. The molecule has 0 radical (unpaired) electrons. The highest BCUT2D eigenvalue weighted by Crippen LogP contribution is 2.19. The van der Waals surface area contributed by atoms with Gasteiger partial charge in [-0.1, -0.05) is 11.8 Å². The van der Waals surface area contributed by atoms with E-state index in [4.69, 9.17) is 4.74 Å². The highest BCUT2D eigenvalue weighted by Gasteiger charge is 2.26. The zero-order valence-electron chi connectivity index (χ0n) is 13.3. The number of nitrogens with zero attached hydrogens (tertiary/aromatic N) is 4. The molecule has 0 aromatic carbocycles. The van der Waals surface area contributed by atoms with Crippen molar-refractivity contribution < 1.29 is 9.53 Å². The largest absolute Gasteiger partial charge is 0.372 e. The van der Waals surface area contributed by atoms with Gasteiger partial charge in [0.2, 0.25) is 11.7 Å². The number of amides is 1. The van der Waals surface area contributed by atoms with E-state index in [1.165, 1.54) is 17.8 Å². The number of carbonyl (C=O) groups is 1. The number of fused-ring (bicyclic) bond motifs is 1. The number of rotatable bonds is 3. The van der Waals surface area contributed by atoms with E-state index in [9.17, 15) is 9.59 Å². The summed E-state index contributed by atoms with van der Waals surface area (Å²) in [5.41, 5.74) is 0.517. The first kappa shape index (κ1) is 16.0. The minimum Gasteiger partial charge on any atom is -0.372 e.